The van der Waals surface area contributed by atoms with E-state index >= 15 is 0 Å². The molecule has 0 spiro atoms. The van der Waals surface area contributed by atoms with Gasteiger partial charge in [-0.2, -0.15) is 10.2 Å². The van der Waals surface area contributed by atoms with Crippen molar-refractivity contribution in [3.05, 3.63) is 42.2 Å². The molecule has 0 fully saturated rings. The number of nitrogens with zero attached hydrogens (tertiary/aromatic N) is 3. The minimum Gasteiger partial charge on any atom is -0.384 e. The molecule has 2 aromatic rings. The van der Waals surface area contributed by atoms with Crippen LogP contribution in [-0.4, -0.2) is 15.2 Å². The summed E-state index contributed by atoms with van der Waals surface area (Å²) in [6.45, 7) is 0.588. The summed E-state index contributed by atoms with van der Waals surface area (Å²) in [7, 11) is 0. The Kier molecular flexibility index (Phi) is 2.73. The molecule has 0 radical (unpaired) electrons. The first-order chi connectivity index (χ1) is 7.34. The lowest BCUT2D eigenvalue weighted by molar-refractivity contribution is 0.921. The van der Waals surface area contributed by atoms with E-state index in [9.17, 15) is 0 Å². The molecule has 5 nitrogen and oxygen atoms in total. The van der Waals surface area contributed by atoms with Gasteiger partial charge in [0.05, 0.1) is 12.2 Å². The standard InChI is InChI=1S/C10H11N5/c11-9-4-1-5-10(14-9)12-7-8-3-2-6-13-15-8/h1-6H,7H2,(H3,11,12,14). The number of nitrogens with one attached hydrogen (secondary N) is 1. The molecule has 2 rings (SSSR count). The van der Waals surface area contributed by atoms with Gasteiger partial charge in [-0.25, -0.2) is 4.98 Å². The lowest BCUT2D eigenvalue weighted by Crippen LogP contribution is -2.04. The van der Waals surface area contributed by atoms with Crippen LogP contribution in [0.5, 0.6) is 0 Å². The first-order valence-electron chi connectivity index (χ1n) is 4.57. The lowest BCUT2D eigenvalue weighted by atomic mass is 10.4. The highest BCUT2D eigenvalue weighted by molar-refractivity contribution is 5.42. The minimum absolute atomic E-state index is 0.499. The molecule has 0 aliphatic rings. The van der Waals surface area contributed by atoms with E-state index in [2.05, 4.69) is 20.5 Å². The number of nitrogen functional groups attached to an aromatic ring is 1. The van der Waals surface area contributed by atoms with E-state index in [0.717, 1.165) is 11.5 Å². The van der Waals surface area contributed by atoms with Crippen molar-refractivity contribution < 1.29 is 0 Å². The molecule has 0 bridgehead atoms. The topological polar surface area (TPSA) is 76.7 Å². The normalized spacial score (nSPS) is 9.87. The molecule has 0 saturated heterocycles. The largest absolute Gasteiger partial charge is 0.384 e. The Bertz CT molecular complexity index is 429. The number of pyridine rings is 1. The third kappa shape index (κ3) is 2.63. The highest BCUT2D eigenvalue weighted by atomic mass is 15.1. The smallest absolute Gasteiger partial charge is 0.128 e. The zero-order valence-corrected chi connectivity index (χ0v) is 8.09. The number of aromatic nitrogens is 3. The zero-order chi connectivity index (χ0) is 10.5. The van der Waals surface area contributed by atoms with Gasteiger partial charge in [0, 0.05) is 6.20 Å². The Balaban J connectivity index is 1.99. The van der Waals surface area contributed by atoms with Crippen LogP contribution in [0.15, 0.2) is 36.5 Å². The summed E-state index contributed by atoms with van der Waals surface area (Å²) in [6, 6.07) is 9.19. The zero-order valence-electron chi connectivity index (χ0n) is 8.09. The predicted molar refractivity (Wildman–Crippen MR) is 58.0 cm³/mol. The molecule has 2 aromatic heterocycles. The average molecular weight is 201 g/mol. The van der Waals surface area contributed by atoms with Crippen molar-refractivity contribution in [2.24, 2.45) is 0 Å². The van der Waals surface area contributed by atoms with E-state index in [4.69, 9.17) is 5.73 Å². The van der Waals surface area contributed by atoms with Gasteiger partial charge in [-0.15, -0.1) is 0 Å². The predicted octanol–water partition coefficient (Wildman–Crippen LogP) is 1.07. The Morgan fingerprint density at radius 3 is 2.87 bits per heavy atom. The highest BCUT2D eigenvalue weighted by Gasteiger charge is 1.96. The van der Waals surface area contributed by atoms with Gasteiger partial charge in [-0.05, 0) is 24.3 Å². The van der Waals surface area contributed by atoms with Crippen LogP contribution in [0.25, 0.3) is 0 Å². The van der Waals surface area contributed by atoms with Crippen molar-refractivity contribution in [2.75, 3.05) is 11.1 Å². The number of rotatable bonds is 3. The van der Waals surface area contributed by atoms with Crippen molar-refractivity contribution in [3.8, 4) is 0 Å². The van der Waals surface area contributed by atoms with Crippen LogP contribution in [0, 0.1) is 0 Å². The van der Waals surface area contributed by atoms with Gasteiger partial charge in [0.1, 0.15) is 11.6 Å². The monoisotopic (exact) mass is 201 g/mol. The molecule has 0 saturated carbocycles. The van der Waals surface area contributed by atoms with Gasteiger partial charge in [-0.3, -0.25) is 0 Å². The SMILES string of the molecule is Nc1cccc(NCc2cccnn2)n1. The van der Waals surface area contributed by atoms with Gasteiger partial charge in [-0.1, -0.05) is 6.07 Å². The third-order valence-corrected chi connectivity index (χ3v) is 1.85. The van der Waals surface area contributed by atoms with Crippen molar-refractivity contribution in [1.29, 1.82) is 0 Å². The van der Waals surface area contributed by atoms with Gasteiger partial charge < -0.3 is 11.1 Å². The lowest BCUT2D eigenvalue weighted by Gasteiger charge is -2.04. The Morgan fingerprint density at radius 1 is 1.20 bits per heavy atom. The average Bonchev–Trinajstić information content (AvgIpc) is 2.28. The van der Waals surface area contributed by atoms with Crippen LogP contribution in [-0.2, 0) is 6.54 Å². The molecular weight excluding hydrogens is 190 g/mol. The summed E-state index contributed by atoms with van der Waals surface area (Å²) >= 11 is 0. The van der Waals surface area contributed by atoms with Gasteiger partial charge in [0.15, 0.2) is 0 Å². The van der Waals surface area contributed by atoms with Crippen LogP contribution >= 0.6 is 0 Å². The van der Waals surface area contributed by atoms with Crippen LogP contribution < -0.4 is 11.1 Å². The van der Waals surface area contributed by atoms with Gasteiger partial charge in [0.2, 0.25) is 0 Å². The maximum Gasteiger partial charge on any atom is 0.128 e. The summed E-state index contributed by atoms with van der Waals surface area (Å²) in [4.78, 5) is 4.11. The van der Waals surface area contributed by atoms with E-state index in [0.29, 0.717) is 12.4 Å². The fraction of sp³-hybridized carbons (Fsp3) is 0.100. The van der Waals surface area contributed by atoms with Crippen LogP contribution in [0.3, 0.4) is 0 Å². The second kappa shape index (κ2) is 4.36. The number of hydrogen-bond donors (Lipinski definition) is 2. The van der Waals surface area contributed by atoms with E-state index in [1.807, 2.05) is 24.3 Å². The van der Waals surface area contributed by atoms with E-state index < -0.39 is 0 Å². The molecule has 0 aliphatic carbocycles. The van der Waals surface area contributed by atoms with Crippen molar-refractivity contribution in [2.45, 2.75) is 6.54 Å². The van der Waals surface area contributed by atoms with Crippen molar-refractivity contribution in [1.82, 2.24) is 15.2 Å². The molecule has 0 aliphatic heterocycles. The van der Waals surface area contributed by atoms with Crippen LogP contribution in [0.1, 0.15) is 5.69 Å². The number of hydrogen-bond acceptors (Lipinski definition) is 5. The Labute approximate surface area is 87.4 Å². The number of anilines is 2. The fourth-order valence-corrected chi connectivity index (χ4v) is 1.16. The summed E-state index contributed by atoms with van der Waals surface area (Å²) in [6.07, 6.45) is 1.64. The maximum atomic E-state index is 5.55. The highest BCUT2D eigenvalue weighted by Crippen LogP contribution is 2.06. The molecular formula is C10H11N5. The molecule has 3 N–H and O–H groups in total. The van der Waals surface area contributed by atoms with E-state index in [1.54, 1.807) is 12.3 Å². The first kappa shape index (κ1) is 9.39. The summed E-state index contributed by atoms with van der Waals surface area (Å²) < 4.78 is 0. The minimum atomic E-state index is 0.499. The second-order valence-electron chi connectivity index (χ2n) is 3.02. The Hall–Kier alpha value is -2.17. The Morgan fingerprint density at radius 2 is 2.13 bits per heavy atom. The molecule has 5 heteroatoms. The summed E-state index contributed by atoms with van der Waals surface area (Å²) in [5.74, 6) is 1.24. The number of nitrogens with two attached hydrogens (primary N) is 1. The van der Waals surface area contributed by atoms with Crippen LogP contribution in [0.2, 0.25) is 0 Å². The quantitative estimate of drug-likeness (QED) is 0.776. The van der Waals surface area contributed by atoms with Crippen molar-refractivity contribution in [3.63, 3.8) is 0 Å². The third-order valence-electron chi connectivity index (χ3n) is 1.85. The molecule has 2 heterocycles. The summed E-state index contributed by atoms with van der Waals surface area (Å²) in [5.41, 5.74) is 6.41. The molecule has 0 amide bonds. The van der Waals surface area contributed by atoms with Crippen molar-refractivity contribution >= 4 is 11.6 Å². The summed E-state index contributed by atoms with van der Waals surface area (Å²) in [5, 5.41) is 10.8. The van der Waals surface area contributed by atoms with E-state index in [-0.39, 0.29) is 0 Å². The second-order valence-corrected chi connectivity index (χ2v) is 3.02. The van der Waals surface area contributed by atoms with E-state index in [1.165, 1.54) is 0 Å². The maximum absolute atomic E-state index is 5.55. The first-order valence-corrected chi connectivity index (χ1v) is 4.57. The van der Waals surface area contributed by atoms with Crippen LogP contribution in [0.4, 0.5) is 11.6 Å². The van der Waals surface area contributed by atoms with Gasteiger partial charge in [0.25, 0.3) is 0 Å². The molecule has 15 heavy (non-hydrogen) atoms. The molecule has 76 valence electrons. The van der Waals surface area contributed by atoms with Gasteiger partial charge >= 0.3 is 0 Å². The molecule has 0 aromatic carbocycles. The molecule has 0 atom stereocenters. The fourth-order valence-electron chi connectivity index (χ4n) is 1.16. The molecule has 0 unspecified atom stereocenters.